The van der Waals surface area contributed by atoms with E-state index in [9.17, 15) is 9.59 Å². The second kappa shape index (κ2) is 11.7. The third-order valence-electron chi connectivity index (χ3n) is 5.39. The van der Waals surface area contributed by atoms with Gasteiger partial charge in [0.05, 0.1) is 33.5 Å². The molecule has 0 aromatic heterocycles. The van der Waals surface area contributed by atoms with E-state index in [1.54, 1.807) is 55.5 Å². The molecular formula is C28H24ClNO8. The molecule has 10 heteroatoms. The molecule has 1 aliphatic heterocycles. The normalized spacial score (nSPS) is 13.6. The lowest BCUT2D eigenvalue weighted by Gasteiger charge is -2.15. The number of cyclic esters (lactones) is 1. The maximum atomic E-state index is 13.0. The van der Waals surface area contributed by atoms with E-state index in [0.717, 1.165) is 0 Å². The molecule has 4 rings (SSSR count). The van der Waals surface area contributed by atoms with Gasteiger partial charge < -0.3 is 28.4 Å². The molecule has 0 aliphatic carbocycles. The molecule has 196 valence electrons. The number of methoxy groups -OCH3 is 3. The van der Waals surface area contributed by atoms with Crippen LogP contribution >= 0.6 is 11.6 Å². The molecule has 9 nitrogen and oxygen atoms in total. The Labute approximate surface area is 224 Å². The van der Waals surface area contributed by atoms with E-state index in [1.165, 1.54) is 33.5 Å². The first-order chi connectivity index (χ1) is 18.4. The lowest BCUT2D eigenvalue weighted by molar-refractivity contribution is -0.129. The first-order valence-electron chi connectivity index (χ1n) is 11.4. The molecule has 0 atom stereocenters. The van der Waals surface area contributed by atoms with Crippen LogP contribution in [0, 0.1) is 0 Å². The molecule has 3 aromatic carbocycles. The van der Waals surface area contributed by atoms with Gasteiger partial charge in [0.2, 0.25) is 11.6 Å². The van der Waals surface area contributed by atoms with Crippen LogP contribution in [0.3, 0.4) is 0 Å². The van der Waals surface area contributed by atoms with E-state index in [4.69, 9.17) is 40.0 Å². The summed E-state index contributed by atoms with van der Waals surface area (Å²) in [6.07, 6.45) is 1.55. The molecule has 38 heavy (non-hydrogen) atoms. The second-order valence-electron chi connectivity index (χ2n) is 7.79. The number of hydrogen-bond acceptors (Lipinski definition) is 9. The summed E-state index contributed by atoms with van der Waals surface area (Å²) in [7, 11) is 4.38. The standard InChI is InChI=1S/C28H24ClNO8/c1-5-36-22-13-16(12-20-28(32)38-26(30-20)17-7-9-19(29)10-8-17)6-11-21(22)37-27(31)18-14-23(33-2)25(35-4)24(15-18)34-3/h6-15H,5H2,1-4H3/b20-12+. The molecule has 3 aromatic rings. The van der Waals surface area contributed by atoms with Crippen LogP contribution in [0.5, 0.6) is 28.7 Å². The third kappa shape index (κ3) is 5.73. The minimum Gasteiger partial charge on any atom is -0.493 e. The first kappa shape index (κ1) is 26.6. The van der Waals surface area contributed by atoms with Gasteiger partial charge in [-0.25, -0.2) is 14.6 Å². The van der Waals surface area contributed by atoms with Crippen LogP contribution in [0.4, 0.5) is 0 Å². The Morgan fingerprint density at radius 1 is 0.921 bits per heavy atom. The van der Waals surface area contributed by atoms with Crippen molar-refractivity contribution in [1.82, 2.24) is 0 Å². The topological polar surface area (TPSA) is 102 Å². The lowest BCUT2D eigenvalue weighted by Crippen LogP contribution is -2.11. The quantitative estimate of drug-likeness (QED) is 0.205. The van der Waals surface area contributed by atoms with E-state index in [1.807, 2.05) is 0 Å². The molecule has 0 N–H and O–H groups in total. The summed E-state index contributed by atoms with van der Waals surface area (Å²) in [6, 6.07) is 14.6. The highest BCUT2D eigenvalue weighted by molar-refractivity contribution is 6.30. The first-order valence-corrected chi connectivity index (χ1v) is 11.8. The zero-order valence-electron chi connectivity index (χ0n) is 21.1. The minimum atomic E-state index is -0.659. The SMILES string of the molecule is CCOc1cc(/C=C2/N=C(c3ccc(Cl)cc3)OC2=O)ccc1OC(=O)c1cc(OC)c(OC)c(OC)c1. The number of halogens is 1. The van der Waals surface area contributed by atoms with E-state index in [2.05, 4.69) is 4.99 Å². The highest BCUT2D eigenvalue weighted by Crippen LogP contribution is 2.39. The van der Waals surface area contributed by atoms with E-state index >= 15 is 0 Å². The maximum absolute atomic E-state index is 13.0. The number of carbonyl (C=O) groups excluding carboxylic acids is 2. The van der Waals surface area contributed by atoms with E-state index in [0.29, 0.717) is 45.8 Å². The summed E-state index contributed by atoms with van der Waals surface area (Å²) in [5, 5.41) is 0.559. The van der Waals surface area contributed by atoms with Crippen LogP contribution in [-0.2, 0) is 9.53 Å². The summed E-state index contributed by atoms with van der Waals surface area (Å²) in [5.74, 6) is 0.396. The van der Waals surface area contributed by atoms with Crippen molar-refractivity contribution in [3.8, 4) is 28.7 Å². The van der Waals surface area contributed by atoms with Crippen LogP contribution in [0.2, 0.25) is 5.02 Å². The number of ether oxygens (including phenoxy) is 6. The van der Waals surface area contributed by atoms with E-state index < -0.39 is 11.9 Å². The number of nitrogens with zero attached hydrogens (tertiary/aromatic N) is 1. The van der Waals surface area contributed by atoms with Crippen LogP contribution in [0.25, 0.3) is 6.08 Å². The van der Waals surface area contributed by atoms with Crippen molar-refractivity contribution < 1.29 is 38.0 Å². The van der Waals surface area contributed by atoms with Crippen LogP contribution in [-0.4, -0.2) is 45.8 Å². The zero-order valence-corrected chi connectivity index (χ0v) is 21.8. The molecule has 0 bridgehead atoms. The Morgan fingerprint density at radius 3 is 2.21 bits per heavy atom. The fraction of sp³-hybridized carbons (Fsp3) is 0.179. The van der Waals surface area contributed by atoms with Crippen LogP contribution in [0.1, 0.15) is 28.4 Å². The average Bonchev–Trinajstić information content (AvgIpc) is 3.29. The summed E-state index contributed by atoms with van der Waals surface area (Å²) in [5.41, 5.74) is 1.51. The minimum absolute atomic E-state index is 0.111. The summed E-state index contributed by atoms with van der Waals surface area (Å²) < 4.78 is 32.5. The van der Waals surface area contributed by atoms with Crippen LogP contribution < -0.4 is 23.7 Å². The Hall–Kier alpha value is -4.50. The smallest absolute Gasteiger partial charge is 0.363 e. The Bertz CT molecular complexity index is 1400. The molecule has 0 fully saturated rings. The van der Waals surface area contributed by atoms with E-state index in [-0.39, 0.29) is 22.9 Å². The van der Waals surface area contributed by atoms with Gasteiger partial charge in [-0.05, 0) is 67.1 Å². The van der Waals surface area contributed by atoms with Crippen molar-refractivity contribution in [2.24, 2.45) is 4.99 Å². The van der Waals surface area contributed by atoms with Crippen LogP contribution in [0.15, 0.2) is 65.3 Å². The molecule has 0 saturated heterocycles. The van der Waals surface area contributed by atoms with Crippen molar-refractivity contribution >= 4 is 35.5 Å². The number of hydrogen-bond donors (Lipinski definition) is 0. The number of benzene rings is 3. The van der Waals surface area contributed by atoms with Gasteiger partial charge in [-0.1, -0.05) is 17.7 Å². The summed E-state index contributed by atoms with van der Waals surface area (Å²) >= 11 is 5.92. The fourth-order valence-corrected chi connectivity index (χ4v) is 3.73. The molecule has 1 heterocycles. The molecule has 0 saturated carbocycles. The van der Waals surface area contributed by atoms with Crippen molar-refractivity contribution in [2.75, 3.05) is 27.9 Å². The Kier molecular flexibility index (Phi) is 8.18. The van der Waals surface area contributed by atoms with Gasteiger partial charge in [0.25, 0.3) is 0 Å². The highest BCUT2D eigenvalue weighted by atomic mass is 35.5. The van der Waals surface area contributed by atoms with Gasteiger partial charge in [-0.15, -0.1) is 0 Å². The summed E-state index contributed by atoms with van der Waals surface area (Å²) in [6.45, 7) is 2.11. The lowest BCUT2D eigenvalue weighted by atomic mass is 10.1. The second-order valence-corrected chi connectivity index (χ2v) is 8.22. The van der Waals surface area contributed by atoms with Crippen molar-refractivity contribution in [2.45, 2.75) is 6.92 Å². The molecule has 0 spiro atoms. The number of aliphatic imine (C=N–C) groups is 1. The molecule has 0 radical (unpaired) electrons. The van der Waals surface area contributed by atoms with Crippen molar-refractivity contribution in [1.29, 1.82) is 0 Å². The van der Waals surface area contributed by atoms with Crippen molar-refractivity contribution in [3.05, 3.63) is 82.0 Å². The highest BCUT2D eigenvalue weighted by Gasteiger charge is 2.25. The molecule has 1 aliphatic rings. The maximum Gasteiger partial charge on any atom is 0.363 e. The fourth-order valence-electron chi connectivity index (χ4n) is 3.61. The van der Waals surface area contributed by atoms with Gasteiger partial charge >= 0.3 is 11.9 Å². The largest absolute Gasteiger partial charge is 0.493 e. The predicted octanol–water partition coefficient (Wildman–Crippen LogP) is 5.33. The summed E-state index contributed by atoms with van der Waals surface area (Å²) in [4.78, 5) is 29.7. The van der Waals surface area contributed by atoms with Gasteiger partial charge in [0.15, 0.2) is 28.7 Å². The predicted molar refractivity (Wildman–Crippen MR) is 141 cm³/mol. The number of rotatable bonds is 9. The van der Waals surface area contributed by atoms with Crippen molar-refractivity contribution in [3.63, 3.8) is 0 Å². The van der Waals surface area contributed by atoms with Gasteiger partial charge in [-0.3, -0.25) is 0 Å². The van der Waals surface area contributed by atoms with Gasteiger partial charge in [0, 0.05) is 10.6 Å². The Morgan fingerprint density at radius 2 is 1.61 bits per heavy atom. The van der Waals surface area contributed by atoms with Gasteiger partial charge in [0.1, 0.15) is 0 Å². The third-order valence-corrected chi connectivity index (χ3v) is 5.64. The molecule has 0 unspecified atom stereocenters. The number of esters is 2. The zero-order chi connectivity index (χ0) is 27.2. The monoisotopic (exact) mass is 537 g/mol. The average molecular weight is 538 g/mol. The molecular weight excluding hydrogens is 514 g/mol. The Balaban J connectivity index is 1.60. The van der Waals surface area contributed by atoms with Gasteiger partial charge in [-0.2, -0.15) is 0 Å². The molecule has 0 amide bonds. The number of carbonyl (C=O) groups is 2.